The number of rotatable bonds is 5. The van der Waals surface area contributed by atoms with Gasteiger partial charge in [0.05, 0.1) is 0 Å². The minimum Gasteiger partial charge on any atom is -1.00 e. The van der Waals surface area contributed by atoms with Crippen LogP contribution in [0.2, 0.25) is 0 Å². The second-order valence-corrected chi connectivity index (χ2v) is 21.2. The standard InChI is InChI=1S/C16H21.C15H14.C13H9.2ClH.Zr/c1-10-2-3-13(4-10)16-14-6-11-5-12(8-14)9-15(16)7-11;1-12-3-7-14(8-4-12)11-15-9-5-13(2)6-10-15;1-3-7-12-10(5-1)9-11-6-2-4-8-13(11)12;;;/h3-4,10-12,14-16H,5-9H2,1H3;3-10H,1-2H3;1-9H;2*1H;/q;;;;;+2/p-2. The molecule has 10 rings (SSSR count). The molecule has 47 heavy (non-hydrogen) atoms. The van der Waals surface area contributed by atoms with Crippen molar-refractivity contribution in [1.29, 1.82) is 0 Å². The number of benzene rings is 4. The number of allylic oxidation sites excluding steroid dienone is 4. The summed E-state index contributed by atoms with van der Waals surface area (Å²) in [6.45, 7) is 6.99. The fourth-order valence-corrected chi connectivity index (χ4v) is 20.1. The van der Waals surface area contributed by atoms with E-state index in [0.717, 1.165) is 29.6 Å². The van der Waals surface area contributed by atoms with Crippen LogP contribution in [0.1, 0.15) is 76.0 Å². The van der Waals surface area contributed by atoms with Crippen LogP contribution in [0.15, 0.2) is 118 Å². The molecule has 3 heteroatoms. The Hall–Kier alpha value is -2.31. The largest absolute Gasteiger partial charge is 1.00 e. The van der Waals surface area contributed by atoms with Gasteiger partial charge in [0.25, 0.3) is 0 Å². The molecule has 4 fully saturated rings. The topological polar surface area (TPSA) is 0 Å². The van der Waals surface area contributed by atoms with Gasteiger partial charge in [0.15, 0.2) is 0 Å². The van der Waals surface area contributed by atoms with Crippen LogP contribution in [0, 0.1) is 49.4 Å². The molecule has 0 N–H and O–H groups in total. The van der Waals surface area contributed by atoms with Crippen LogP contribution < -0.4 is 24.8 Å². The molecule has 0 radical (unpaired) electrons. The Morgan fingerprint density at radius 3 is 1.55 bits per heavy atom. The van der Waals surface area contributed by atoms with Crippen LogP contribution in [0.25, 0.3) is 11.1 Å². The van der Waals surface area contributed by atoms with Crippen molar-refractivity contribution in [3.63, 3.8) is 0 Å². The van der Waals surface area contributed by atoms with Crippen molar-refractivity contribution in [2.75, 3.05) is 0 Å². The maximum Gasteiger partial charge on any atom is -1.00 e. The molecular weight excluding hydrogens is 691 g/mol. The van der Waals surface area contributed by atoms with Gasteiger partial charge in [0, 0.05) is 0 Å². The molecule has 4 aromatic rings. The summed E-state index contributed by atoms with van der Waals surface area (Å²) >= 11 is -2.75. The third kappa shape index (κ3) is 5.67. The Kier molecular flexibility index (Phi) is 9.32. The minimum atomic E-state index is -2.75. The summed E-state index contributed by atoms with van der Waals surface area (Å²) in [6, 6.07) is 37.9. The number of hydrogen-bond donors (Lipinski definition) is 0. The summed E-state index contributed by atoms with van der Waals surface area (Å²) in [4.78, 5) is 0. The molecule has 1 atom stereocenters. The first-order valence-corrected chi connectivity index (χ1v) is 21.4. The van der Waals surface area contributed by atoms with Crippen LogP contribution >= 0.6 is 0 Å². The van der Waals surface area contributed by atoms with Crippen LogP contribution in [0.4, 0.5) is 0 Å². The summed E-state index contributed by atoms with van der Waals surface area (Å²) < 4.78 is 3.96. The summed E-state index contributed by atoms with van der Waals surface area (Å²) in [7, 11) is 0. The van der Waals surface area contributed by atoms with Crippen molar-refractivity contribution < 1.29 is 46.1 Å². The smallest absolute Gasteiger partial charge is 1.00 e. The fourth-order valence-electron chi connectivity index (χ4n) is 10.6. The predicted octanol–water partition coefficient (Wildman–Crippen LogP) is 4.80. The Morgan fingerprint density at radius 1 is 0.596 bits per heavy atom. The van der Waals surface area contributed by atoms with E-state index >= 15 is 0 Å². The monoisotopic (exact) mass is 732 g/mol. The Morgan fingerprint density at radius 2 is 1.06 bits per heavy atom. The van der Waals surface area contributed by atoms with Crippen molar-refractivity contribution >= 4 is 3.21 Å². The van der Waals surface area contributed by atoms with E-state index in [1.165, 1.54) is 65.5 Å². The molecule has 1 unspecified atom stereocenters. The maximum absolute atomic E-state index is 2.83. The second kappa shape index (κ2) is 13.2. The van der Waals surface area contributed by atoms with E-state index in [1.54, 1.807) is 19.9 Å². The molecule has 0 saturated heterocycles. The van der Waals surface area contributed by atoms with Gasteiger partial charge in [-0.3, -0.25) is 0 Å². The Labute approximate surface area is 301 Å². The van der Waals surface area contributed by atoms with Gasteiger partial charge < -0.3 is 24.8 Å². The molecule has 0 spiro atoms. The van der Waals surface area contributed by atoms with E-state index in [-0.39, 0.29) is 24.8 Å². The first-order valence-electron chi connectivity index (χ1n) is 17.5. The molecule has 4 saturated carbocycles. The molecule has 0 heterocycles. The zero-order valence-corrected chi connectivity index (χ0v) is 31.7. The zero-order chi connectivity index (χ0) is 30.2. The number of halogens is 2. The maximum atomic E-state index is 2.83. The van der Waals surface area contributed by atoms with E-state index in [0.29, 0.717) is 9.54 Å². The molecule has 0 aromatic heterocycles. The molecule has 0 amide bonds. The van der Waals surface area contributed by atoms with Crippen LogP contribution in [0.5, 0.6) is 0 Å². The number of aryl methyl sites for hydroxylation is 2. The van der Waals surface area contributed by atoms with Gasteiger partial charge >= 0.3 is 279 Å². The van der Waals surface area contributed by atoms with E-state index in [4.69, 9.17) is 0 Å². The molecule has 4 aromatic carbocycles. The molecule has 4 bridgehead atoms. The fraction of sp³-hybridized carbons (Fsp3) is 0.341. The molecule has 238 valence electrons. The van der Waals surface area contributed by atoms with Crippen molar-refractivity contribution in [2.45, 2.75) is 56.5 Å². The van der Waals surface area contributed by atoms with Crippen molar-refractivity contribution in [1.82, 2.24) is 0 Å². The first-order chi connectivity index (χ1) is 22.0. The van der Waals surface area contributed by atoms with Crippen LogP contribution in [-0.4, -0.2) is 3.21 Å². The van der Waals surface area contributed by atoms with Gasteiger partial charge in [0.1, 0.15) is 0 Å². The first kappa shape index (κ1) is 33.2. The predicted molar refractivity (Wildman–Crippen MR) is 185 cm³/mol. The normalized spacial score (nSPS) is 26.3. The quantitative estimate of drug-likeness (QED) is 0.277. The van der Waals surface area contributed by atoms with Crippen molar-refractivity contribution in [2.24, 2.45) is 35.5 Å². The van der Waals surface area contributed by atoms with Crippen LogP contribution in [-0.2, 0) is 21.3 Å². The summed E-state index contributed by atoms with van der Waals surface area (Å²) in [5.74, 6) is 5.20. The third-order valence-corrected chi connectivity index (χ3v) is 20.9. The van der Waals surface area contributed by atoms with E-state index < -0.39 is 21.3 Å². The average Bonchev–Trinajstić information content (AvgIpc) is 3.58. The Balaban J connectivity index is 0.00000176. The molecular formula is C44H44Cl2Zr. The number of fused-ring (bicyclic) bond motifs is 3. The molecule has 0 aliphatic heterocycles. The van der Waals surface area contributed by atoms with Gasteiger partial charge in [-0.2, -0.15) is 0 Å². The van der Waals surface area contributed by atoms with Gasteiger partial charge in [-0.25, -0.2) is 0 Å². The van der Waals surface area contributed by atoms with Gasteiger partial charge in [-0.05, 0) is 0 Å². The molecule has 0 nitrogen and oxygen atoms in total. The summed E-state index contributed by atoms with van der Waals surface area (Å²) in [5, 5.41) is 0. The van der Waals surface area contributed by atoms with Gasteiger partial charge in [-0.15, -0.1) is 0 Å². The molecule has 6 aliphatic carbocycles. The van der Waals surface area contributed by atoms with Gasteiger partial charge in [-0.1, -0.05) is 0 Å². The second-order valence-electron chi connectivity index (χ2n) is 15.1. The average molecular weight is 735 g/mol. The van der Waals surface area contributed by atoms with E-state index in [1.807, 2.05) is 3.28 Å². The minimum absolute atomic E-state index is 0. The van der Waals surface area contributed by atoms with E-state index in [9.17, 15) is 0 Å². The number of hydrogen-bond acceptors (Lipinski definition) is 0. The van der Waals surface area contributed by atoms with Crippen molar-refractivity contribution in [3.8, 4) is 11.1 Å². The third-order valence-electron chi connectivity index (χ3n) is 12.3. The van der Waals surface area contributed by atoms with Gasteiger partial charge in [0.2, 0.25) is 0 Å². The zero-order valence-electron chi connectivity index (χ0n) is 27.7. The van der Waals surface area contributed by atoms with E-state index in [2.05, 4.69) is 130 Å². The summed E-state index contributed by atoms with van der Waals surface area (Å²) in [5.41, 5.74) is 13.4. The Bertz CT molecular complexity index is 1770. The van der Waals surface area contributed by atoms with Crippen molar-refractivity contribution in [3.05, 3.63) is 151 Å². The molecule has 6 aliphatic rings. The SMILES string of the molecule is Cc1ccc([C](c2ccc(C)cc2)=[Zr+2]([C]2=CC(C3C4CC5CC(C4)CC3C5)=CC2C)[CH]2c3ccccc3-c3ccccc32)cc1.[Cl-].[Cl-]. The van der Waals surface area contributed by atoms with Crippen LogP contribution in [0.3, 0.4) is 0 Å². The summed E-state index contributed by atoms with van der Waals surface area (Å²) in [6.07, 6.45) is 13.1.